The van der Waals surface area contributed by atoms with Gasteiger partial charge in [0.25, 0.3) is 0 Å². The molecule has 2 amide bonds. The summed E-state index contributed by atoms with van der Waals surface area (Å²) in [7, 11) is 0. The zero-order chi connectivity index (χ0) is 24.1. The van der Waals surface area contributed by atoms with Gasteiger partial charge < -0.3 is 37.4 Å². The molecule has 0 saturated carbocycles. The molecule has 0 unspecified atom stereocenters. The Labute approximate surface area is 214 Å². The molecule has 0 aliphatic carbocycles. The molecule has 2 aromatic carbocycles. The topological polar surface area (TPSA) is 188 Å². The molecule has 0 aromatic heterocycles. The normalized spacial score (nSPS) is 20.1. The van der Waals surface area contributed by atoms with Crippen LogP contribution in [-0.2, 0) is 27.2 Å². The maximum atomic E-state index is 12.9. The van der Waals surface area contributed by atoms with E-state index < -0.39 is 35.9 Å². The maximum absolute atomic E-state index is 12.9. The highest BCUT2D eigenvalue weighted by Gasteiger charge is 2.28. The number of carboxylic acids is 1. The minimum Gasteiger partial charge on any atom is -0.508 e. The van der Waals surface area contributed by atoms with Crippen molar-refractivity contribution in [2.75, 3.05) is 6.54 Å². The summed E-state index contributed by atoms with van der Waals surface area (Å²) in [6.45, 7) is 0.279. The molecule has 0 spiro atoms. The average molecular weight is 529 g/mol. The molecule has 1 aliphatic heterocycles. The zero-order valence-corrected chi connectivity index (χ0v) is 20.4. The van der Waals surface area contributed by atoms with Gasteiger partial charge in [0.05, 0.1) is 6.04 Å². The third kappa shape index (κ3) is 7.72. The number of benzene rings is 2. The lowest BCUT2D eigenvalue weighted by Gasteiger charge is -2.23. The maximum Gasteiger partial charge on any atom is 0.326 e. The molecular weight excluding hydrogens is 499 g/mol. The molecule has 9 N–H and O–H groups in total. The molecule has 10 nitrogen and oxygen atoms in total. The Morgan fingerprint density at radius 1 is 0.971 bits per heavy atom. The Morgan fingerprint density at radius 2 is 1.69 bits per heavy atom. The first kappa shape index (κ1) is 30.0. The third-order valence-corrected chi connectivity index (χ3v) is 5.55. The summed E-state index contributed by atoms with van der Waals surface area (Å²) in [5.74, 6) is -2.67. The van der Waals surface area contributed by atoms with Gasteiger partial charge in [-0.25, -0.2) is 4.79 Å². The summed E-state index contributed by atoms with van der Waals surface area (Å²) in [6.07, 6.45) is 0.527. The van der Waals surface area contributed by atoms with E-state index >= 15 is 0 Å². The highest BCUT2D eigenvalue weighted by molar-refractivity contribution is 5.92. The van der Waals surface area contributed by atoms with E-state index in [2.05, 4.69) is 10.6 Å². The van der Waals surface area contributed by atoms with Gasteiger partial charge in [0, 0.05) is 12.8 Å². The third-order valence-electron chi connectivity index (χ3n) is 5.55. The quantitative estimate of drug-likeness (QED) is 0.303. The van der Waals surface area contributed by atoms with Crippen LogP contribution in [0.3, 0.4) is 0 Å². The number of aromatic hydroxyl groups is 2. The molecule has 3 rings (SSSR count). The number of aliphatic carboxylic acids is 1. The van der Waals surface area contributed by atoms with Crippen LogP contribution in [0.15, 0.2) is 36.4 Å². The second-order valence-electron chi connectivity index (χ2n) is 8.14. The van der Waals surface area contributed by atoms with Crippen LogP contribution in [0.5, 0.6) is 11.5 Å². The first-order valence-electron chi connectivity index (χ1n) is 10.6. The van der Waals surface area contributed by atoms with E-state index in [1.165, 1.54) is 18.2 Å². The van der Waals surface area contributed by atoms with Crippen molar-refractivity contribution in [1.29, 1.82) is 0 Å². The Morgan fingerprint density at radius 3 is 2.34 bits per heavy atom. The van der Waals surface area contributed by atoms with Gasteiger partial charge in [-0.15, -0.1) is 24.8 Å². The highest BCUT2D eigenvalue weighted by atomic mass is 35.5. The highest BCUT2D eigenvalue weighted by Crippen LogP contribution is 2.30. The van der Waals surface area contributed by atoms with Gasteiger partial charge in [-0.3, -0.25) is 9.59 Å². The molecule has 0 saturated heterocycles. The molecule has 2 aromatic rings. The molecule has 1 aliphatic rings. The summed E-state index contributed by atoms with van der Waals surface area (Å²) in [6, 6.07) is 6.00. The number of phenols is 2. The smallest absolute Gasteiger partial charge is 0.326 e. The average Bonchev–Trinajstić information content (AvgIpc) is 2.76. The Bertz CT molecular complexity index is 1070. The van der Waals surface area contributed by atoms with Gasteiger partial charge >= 0.3 is 5.97 Å². The minimum atomic E-state index is -1.29. The van der Waals surface area contributed by atoms with E-state index in [4.69, 9.17) is 11.5 Å². The zero-order valence-electron chi connectivity index (χ0n) is 18.8. The van der Waals surface area contributed by atoms with Crippen molar-refractivity contribution in [1.82, 2.24) is 10.6 Å². The molecule has 1 heterocycles. The van der Waals surface area contributed by atoms with Crippen molar-refractivity contribution in [3.05, 3.63) is 47.5 Å². The van der Waals surface area contributed by atoms with E-state index in [1.807, 2.05) is 0 Å². The molecule has 3 atom stereocenters. The predicted molar refractivity (Wildman–Crippen MR) is 135 cm³/mol. The minimum absolute atomic E-state index is 0. The number of nitrogens with two attached hydrogens (primary N) is 2. The van der Waals surface area contributed by atoms with E-state index in [9.17, 15) is 29.7 Å². The molecule has 0 radical (unpaired) electrons. The van der Waals surface area contributed by atoms with E-state index in [0.717, 1.165) is 0 Å². The monoisotopic (exact) mass is 528 g/mol. The number of rotatable bonds is 4. The van der Waals surface area contributed by atoms with Crippen molar-refractivity contribution in [2.24, 2.45) is 11.5 Å². The lowest BCUT2D eigenvalue weighted by Crippen LogP contribution is -2.55. The fraction of sp³-hybridized carbons (Fsp3) is 0.348. The van der Waals surface area contributed by atoms with E-state index in [1.54, 1.807) is 18.2 Å². The summed E-state index contributed by atoms with van der Waals surface area (Å²) >= 11 is 0. The van der Waals surface area contributed by atoms with Crippen LogP contribution >= 0.6 is 24.8 Å². The van der Waals surface area contributed by atoms with Crippen LogP contribution in [0.25, 0.3) is 11.1 Å². The Balaban J connectivity index is 0.00000306. The van der Waals surface area contributed by atoms with Crippen LogP contribution < -0.4 is 22.1 Å². The number of carbonyl (C=O) groups excluding carboxylic acids is 2. The molecule has 192 valence electrons. The van der Waals surface area contributed by atoms with Crippen molar-refractivity contribution in [3.8, 4) is 22.6 Å². The summed E-state index contributed by atoms with van der Waals surface area (Å²) in [5, 5.41) is 35.2. The number of phenolic OH excluding ortho intramolecular Hbond substituents is 2. The number of hydrogen-bond donors (Lipinski definition) is 7. The lowest BCUT2D eigenvalue weighted by atomic mass is 9.95. The molecule has 12 heteroatoms. The van der Waals surface area contributed by atoms with Crippen molar-refractivity contribution >= 4 is 42.6 Å². The number of halogens is 2. The number of nitrogens with one attached hydrogen (secondary N) is 2. The van der Waals surface area contributed by atoms with Crippen molar-refractivity contribution in [2.45, 2.75) is 43.8 Å². The summed E-state index contributed by atoms with van der Waals surface area (Å²) in [4.78, 5) is 37.4. The fourth-order valence-electron chi connectivity index (χ4n) is 3.79. The standard InChI is InChI=1S/C23H28N4O6.2ClH/c24-5-1-2-18-22(31)27-19(23(32)33)8-12-6-14(10-16(28)7-12)13-3-4-20(29)15(9-13)11-17(25)21(30)26-18;;/h3-4,6-7,9-10,17-19,28-29H,1-2,5,8,11,24-25H2,(H,26,30)(H,27,31)(H,32,33);2*1H/t17-,18-,19-;;/m0../s1. The molecule has 35 heavy (non-hydrogen) atoms. The van der Waals surface area contributed by atoms with Crippen LogP contribution in [0.2, 0.25) is 0 Å². The van der Waals surface area contributed by atoms with Crippen molar-refractivity contribution in [3.63, 3.8) is 0 Å². The van der Waals surface area contributed by atoms with Crippen LogP contribution in [0, 0.1) is 0 Å². The lowest BCUT2D eigenvalue weighted by molar-refractivity contribution is -0.142. The number of fused-ring (bicyclic) bond motifs is 5. The van der Waals surface area contributed by atoms with Crippen molar-refractivity contribution < 1.29 is 29.7 Å². The summed E-state index contributed by atoms with van der Waals surface area (Å²) in [5.41, 5.74) is 13.7. The number of carbonyl (C=O) groups is 3. The number of amides is 2. The Hall–Kier alpha value is -3.05. The fourth-order valence-corrected chi connectivity index (χ4v) is 3.79. The molecule has 0 fully saturated rings. The number of carboxylic acid groups (broad SMARTS) is 1. The number of hydrogen-bond acceptors (Lipinski definition) is 7. The van der Waals surface area contributed by atoms with Gasteiger partial charge in [-0.1, -0.05) is 12.1 Å². The first-order valence-corrected chi connectivity index (χ1v) is 10.6. The molecular formula is C23H30Cl2N4O6. The first-order chi connectivity index (χ1) is 15.7. The second kappa shape index (κ2) is 13.1. The SMILES string of the molecule is Cl.Cl.NCCC[C@@H]1NC(=O)[C@@H](N)Cc2cc(ccc2O)-c2cc(O)cc(c2)C[C@@H](C(=O)O)NC1=O. The van der Waals surface area contributed by atoms with Gasteiger partial charge in [-0.05, 0) is 65.9 Å². The largest absolute Gasteiger partial charge is 0.508 e. The van der Waals surface area contributed by atoms with Gasteiger partial charge in [0.1, 0.15) is 23.6 Å². The Kier molecular flexibility index (Phi) is 11.3. The van der Waals surface area contributed by atoms with Gasteiger partial charge in [-0.2, -0.15) is 0 Å². The van der Waals surface area contributed by atoms with E-state index in [0.29, 0.717) is 28.7 Å². The van der Waals surface area contributed by atoms with Gasteiger partial charge in [0.2, 0.25) is 11.8 Å². The summed E-state index contributed by atoms with van der Waals surface area (Å²) < 4.78 is 0. The van der Waals surface area contributed by atoms with Crippen LogP contribution in [-0.4, -0.2) is 57.8 Å². The van der Waals surface area contributed by atoms with Crippen LogP contribution in [0.1, 0.15) is 24.0 Å². The van der Waals surface area contributed by atoms with Gasteiger partial charge in [0.15, 0.2) is 0 Å². The van der Waals surface area contributed by atoms with Crippen LogP contribution in [0.4, 0.5) is 0 Å². The van der Waals surface area contributed by atoms with E-state index in [-0.39, 0.29) is 62.1 Å². The predicted octanol–water partition coefficient (Wildman–Crippen LogP) is 0.827. The second-order valence-corrected chi connectivity index (χ2v) is 8.14. The molecule has 4 bridgehead atoms.